The minimum atomic E-state index is -0.976. The number of fused-ring (bicyclic) bond motifs is 1. The Kier molecular flexibility index (Phi) is 9.63. The van der Waals surface area contributed by atoms with E-state index in [9.17, 15) is 9.00 Å². The molecule has 4 aromatic rings. The van der Waals surface area contributed by atoms with Crippen molar-refractivity contribution in [2.75, 3.05) is 54.3 Å². The van der Waals surface area contributed by atoms with Gasteiger partial charge in [-0.2, -0.15) is 0 Å². The van der Waals surface area contributed by atoms with Crippen LogP contribution in [-0.4, -0.2) is 82.0 Å². The Morgan fingerprint density at radius 3 is 2.66 bits per heavy atom. The fraction of sp³-hybridized carbons (Fsp3) is 0.355. The van der Waals surface area contributed by atoms with Gasteiger partial charge in [0.25, 0.3) is 0 Å². The summed E-state index contributed by atoms with van der Waals surface area (Å²) in [6.45, 7) is 7.07. The van der Waals surface area contributed by atoms with E-state index in [1.54, 1.807) is 12.5 Å². The van der Waals surface area contributed by atoms with Crippen LogP contribution in [0.15, 0.2) is 53.9 Å². The molecule has 1 fully saturated rings. The van der Waals surface area contributed by atoms with Gasteiger partial charge in [0.1, 0.15) is 28.9 Å². The number of ether oxygens (including phenoxy) is 1. The van der Waals surface area contributed by atoms with Crippen LogP contribution < -0.4 is 25.2 Å². The van der Waals surface area contributed by atoms with E-state index in [0.717, 1.165) is 41.2 Å². The molecule has 2 aromatic carbocycles. The SMILES string of the molecule is C=Nc1cc(Oc2ccc(Nc3ncnc4cnc(N5CCC(NC(=O)CCS(C)=O)CC5)nc34)cc2C)ccc1N(C)C. The highest BCUT2D eigenvalue weighted by Crippen LogP contribution is 2.35. The second kappa shape index (κ2) is 13.8. The van der Waals surface area contributed by atoms with Crippen LogP contribution in [0.4, 0.5) is 28.8 Å². The predicted molar refractivity (Wildman–Crippen MR) is 177 cm³/mol. The number of hydrogen-bond donors (Lipinski definition) is 2. The number of aryl methyl sites for hydroxylation is 1. The number of carbonyl (C=O) groups excluding carboxylic acids is 1. The Morgan fingerprint density at radius 1 is 1.16 bits per heavy atom. The van der Waals surface area contributed by atoms with Gasteiger partial charge >= 0.3 is 0 Å². The first kappa shape index (κ1) is 30.8. The topological polar surface area (TPSA) is 138 Å². The molecule has 13 heteroatoms. The van der Waals surface area contributed by atoms with E-state index in [2.05, 4.69) is 42.2 Å². The van der Waals surface area contributed by atoms with Gasteiger partial charge in [0, 0.05) is 74.2 Å². The van der Waals surface area contributed by atoms with Crippen molar-refractivity contribution in [2.24, 2.45) is 4.99 Å². The predicted octanol–water partition coefficient (Wildman–Crippen LogP) is 4.52. The minimum Gasteiger partial charge on any atom is -0.457 e. The van der Waals surface area contributed by atoms with Crippen molar-refractivity contribution in [2.45, 2.75) is 32.2 Å². The molecule has 2 aromatic heterocycles. The lowest BCUT2D eigenvalue weighted by atomic mass is 10.1. The zero-order valence-corrected chi connectivity index (χ0v) is 26.2. The van der Waals surface area contributed by atoms with E-state index < -0.39 is 10.8 Å². The van der Waals surface area contributed by atoms with Crippen molar-refractivity contribution in [1.82, 2.24) is 25.3 Å². The highest BCUT2D eigenvalue weighted by molar-refractivity contribution is 7.84. The Labute approximate surface area is 259 Å². The molecule has 5 rings (SSSR count). The van der Waals surface area contributed by atoms with E-state index in [1.165, 1.54) is 6.33 Å². The summed E-state index contributed by atoms with van der Waals surface area (Å²) in [5, 5.41) is 6.44. The van der Waals surface area contributed by atoms with Gasteiger partial charge in [-0.25, -0.2) is 19.9 Å². The third-order valence-corrected chi connectivity index (χ3v) is 8.17. The Morgan fingerprint density at radius 2 is 1.95 bits per heavy atom. The van der Waals surface area contributed by atoms with E-state index in [1.807, 2.05) is 62.3 Å². The number of aliphatic imine (C=N–C) groups is 1. The van der Waals surface area contributed by atoms with Gasteiger partial charge in [-0.3, -0.25) is 14.0 Å². The summed E-state index contributed by atoms with van der Waals surface area (Å²) in [4.78, 5) is 38.6. The fourth-order valence-electron chi connectivity index (χ4n) is 5.03. The molecule has 0 radical (unpaired) electrons. The molecule has 0 bridgehead atoms. The monoisotopic (exact) mass is 615 g/mol. The fourth-order valence-corrected chi connectivity index (χ4v) is 5.50. The van der Waals surface area contributed by atoms with E-state index in [-0.39, 0.29) is 18.4 Å². The summed E-state index contributed by atoms with van der Waals surface area (Å²) < 4.78 is 17.5. The number of nitrogens with zero attached hydrogens (tertiary/aromatic N) is 7. The summed E-state index contributed by atoms with van der Waals surface area (Å²) in [6, 6.07) is 11.6. The Hall–Kier alpha value is -4.65. The van der Waals surface area contributed by atoms with Gasteiger partial charge in [-0.15, -0.1) is 0 Å². The molecule has 1 aliphatic rings. The summed E-state index contributed by atoms with van der Waals surface area (Å²) in [5.74, 6) is 2.89. The first-order valence-electron chi connectivity index (χ1n) is 14.4. The van der Waals surface area contributed by atoms with Gasteiger partial charge in [0.2, 0.25) is 11.9 Å². The standard InChI is InChI=1S/C31H37N9O3S/c1-20-16-22(6-9-27(20)43-23-7-8-26(39(3)4)24(17-23)32-2)37-30-29-25(34-19-35-30)18-33-31(38-29)40-13-10-21(11-14-40)36-28(41)12-15-44(5)42/h6-9,16-19,21H,2,10-15H2,1,3-5H3,(H,36,41)(H,34,35,37). The summed E-state index contributed by atoms with van der Waals surface area (Å²) in [7, 11) is 2.94. The number of aromatic nitrogens is 4. The number of nitrogens with one attached hydrogen (secondary N) is 2. The molecule has 1 amide bonds. The van der Waals surface area contributed by atoms with Crippen LogP contribution in [0.1, 0.15) is 24.8 Å². The van der Waals surface area contributed by atoms with Crippen molar-refractivity contribution in [3.8, 4) is 11.5 Å². The molecule has 2 N–H and O–H groups in total. The molecule has 12 nitrogen and oxygen atoms in total. The van der Waals surface area contributed by atoms with Crippen LogP contribution in [0.5, 0.6) is 11.5 Å². The van der Waals surface area contributed by atoms with Crippen molar-refractivity contribution < 1.29 is 13.7 Å². The maximum Gasteiger partial charge on any atom is 0.226 e. The number of carbonyl (C=O) groups is 1. The number of hydrogen-bond acceptors (Lipinski definition) is 11. The van der Waals surface area contributed by atoms with Gasteiger partial charge in [0.15, 0.2) is 5.82 Å². The van der Waals surface area contributed by atoms with Crippen LogP contribution in [-0.2, 0) is 15.6 Å². The average molecular weight is 616 g/mol. The van der Waals surface area contributed by atoms with Crippen molar-refractivity contribution in [3.05, 3.63) is 54.5 Å². The number of piperidine rings is 1. The maximum atomic E-state index is 12.2. The minimum absolute atomic E-state index is 0.0545. The van der Waals surface area contributed by atoms with E-state index in [4.69, 9.17) is 9.72 Å². The highest BCUT2D eigenvalue weighted by Gasteiger charge is 2.23. The number of amides is 1. The molecule has 0 aliphatic carbocycles. The smallest absolute Gasteiger partial charge is 0.226 e. The average Bonchev–Trinajstić information content (AvgIpc) is 3.01. The largest absolute Gasteiger partial charge is 0.457 e. The summed E-state index contributed by atoms with van der Waals surface area (Å²) >= 11 is 0. The van der Waals surface area contributed by atoms with E-state index >= 15 is 0 Å². The molecule has 0 spiro atoms. The molecule has 1 aliphatic heterocycles. The molecule has 3 heterocycles. The molecule has 0 saturated carbocycles. The molecule has 1 unspecified atom stereocenters. The molecular weight excluding hydrogens is 578 g/mol. The highest BCUT2D eigenvalue weighted by atomic mass is 32.2. The summed E-state index contributed by atoms with van der Waals surface area (Å²) in [6.07, 6.45) is 6.64. The number of rotatable bonds is 11. The van der Waals surface area contributed by atoms with Gasteiger partial charge in [0.05, 0.1) is 17.6 Å². The third-order valence-electron chi connectivity index (χ3n) is 7.39. The number of benzene rings is 2. The van der Waals surface area contributed by atoms with Gasteiger partial charge in [-0.1, -0.05) is 0 Å². The van der Waals surface area contributed by atoms with Crippen molar-refractivity contribution in [1.29, 1.82) is 0 Å². The quantitative estimate of drug-likeness (QED) is 0.232. The van der Waals surface area contributed by atoms with Crippen molar-refractivity contribution in [3.63, 3.8) is 0 Å². The lowest BCUT2D eigenvalue weighted by Crippen LogP contribution is -2.45. The lowest BCUT2D eigenvalue weighted by Gasteiger charge is -2.32. The zero-order valence-electron chi connectivity index (χ0n) is 25.4. The second-order valence-corrected chi connectivity index (χ2v) is 12.4. The Balaban J connectivity index is 1.26. The van der Waals surface area contributed by atoms with Crippen LogP contribution in [0, 0.1) is 6.92 Å². The molecular formula is C31H37N9O3S. The van der Waals surface area contributed by atoms with Crippen molar-refractivity contribution >= 4 is 63.3 Å². The number of anilines is 4. The van der Waals surface area contributed by atoms with Gasteiger partial charge in [-0.05, 0) is 62.4 Å². The van der Waals surface area contributed by atoms with Crippen LogP contribution in [0.2, 0.25) is 0 Å². The first-order valence-corrected chi connectivity index (χ1v) is 16.1. The molecule has 44 heavy (non-hydrogen) atoms. The molecule has 1 saturated heterocycles. The third kappa shape index (κ3) is 7.46. The lowest BCUT2D eigenvalue weighted by molar-refractivity contribution is -0.121. The molecule has 1 atom stereocenters. The summed E-state index contributed by atoms with van der Waals surface area (Å²) in [5.41, 5.74) is 4.72. The van der Waals surface area contributed by atoms with E-state index in [0.29, 0.717) is 47.4 Å². The first-order chi connectivity index (χ1) is 21.2. The maximum absolute atomic E-state index is 12.2. The molecule has 230 valence electrons. The van der Waals surface area contributed by atoms with Gasteiger partial charge < -0.3 is 25.2 Å². The Bertz CT molecular complexity index is 1690. The van der Waals surface area contributed by atoms with Crippen LogP contribution in [0.3, 0.4) is 0 Å². The van der Waals surface area contributed by atoms with Crippen LogP contribution in [0.25, 0.3) is 11.0 Å². The zero-order chi connectivity index (χ0) is 31.2. The van der Waals surface area contributed by atoms with Crippen LogP contribution >= 0.6 is 0 Å². The second-order valence-electron chi connectivity index (χ2n) is 10.9. The normalized spacial score (nSPS) is 14.2.